The molecule has 2 aliphatic carbocycles. The van der Waals surface area contributed by atoms with Crippen LogP contribution in [0, 0.1) is 5.82 Å². The van der Waals surface area contributed by atoms with Gasteiger partial charge in [0.05, 0.1) is 5.54 Å². The summed E-state index contributed by atoms with van der Waals surface area (Å²) in [6, 6.07) is 58.8. The minimum Gasteiger partial charge on any atom is -0.328 e. The van der Waals surface area contributed by atoms with E-state index < -0.39 is 11.0 Å². The van der Waals surface area contributed by atoms with E-state index in [9.17, 15) is 4.39 Å². The molecule has 7 aromatic carbocycles. The van der Waals surface area contributed by atoms with Crippen molar-refractivity contribution in [3.05, 3.63) is 215 Å². The van der Waals surface area contributed by atoms with Crippen LogP contribution in [0.3, 0.4) is 0 Å². The summed E-state index contributed by atoms with van der Waals surface area (Å²) in [5.41, 5.74) is 13.7. The van der Waals surface area contributed by atoms with Gasteiger partial charge in [0.25, 0.3) is 0 Å². The molecule has 8 aromatic rings. The molecule has 0 amide bonds. The predicted molar refractivity (Wildman–Crippen MR) is 238 cm³/mol. The summed E-state index contributed by atoms with van der Waals surface area (Å²) in [7, 11) is 0. The van der Waals surface area contributed by atoms with Crippen molar-refractivity contribution in [3.8, 4) is 22.3 Å². The summed E-state index contributed by atoms with van der Waals surface area (Å²) in [5, 5.41) is 2.62. The molecule has 0 fully saturated rings. The molecular formula is C54H42FNS. The molecule has 11 rings (SSSR count). The first-order valence-electron chi connectivity index (χ1n) is 20.0. The number of para-hydroxylation sites is 1. The molecule has 3 aliphatic rings. The summed E-state index contributed by atoms with van der Waals surface area (Å²) in [6.45, 7) is 9.73. The van der Waals surface area contributed by atoms with Gasteiger partial charge >= 0.3 is 0 Å². The van der Waals surface area contributed by atoms with E-state index in [-0.39, 0.29) is 17.2 Å². The molecule has 0 radical (unpaired) electrons. The van der Waals surface area contributed by atoms with Crippen LogP contribution in [0.25, 0.3) is 42.4 Å². The number of halogens is 1. The standard InChI is InChI=1S/C54H42FNS/c1-34-41-19-13-20-42(35-24-27-39(55)28-25-35)50(41)54(4)45-21-9-10-22-46(45)56(53(3)31-30-52(2,49(34)51(53)54)38-15-6-5-7-16-38)40-17-12-14-36(32-40)37-26-29-48-44(33-37)43-18-8-11-23-47(43)57-48/h5-34H,1-4H3. The fourth-order valence-corrected chi connectivity index (χ4v) is 12.2. The number of thiophene rings is 1. The van der Waals surface area contributed by atoms with Gasteiger partial charge in [0.15, 0.2) is 0 Å². The molecule has 57 heavy (non-hydrogen) atoms. The number of fused-ring (bicyclic) bond motifs is 7. The van der Waals surface area contributed by atoms with E-state index in [0.717, 1.165) is 16.8 Å². The van der Waals surface area contributed by atoms with Crippen LogP contribution in [-0.2, 0) is 10.8 Å². The van der Waals surface area contributed by atoms with Gasteiger partial charge in [-0.2, -0.15) is 0 Å². The number of rotatable bonds is 4. The van der Waals surface area contributed by atoms with E-state index in [1.807, 2.05) is 23.5 Å². The van der Waals surface area contributed by atoms with Crippen molar-refractivity contribution in [2.45, 2.75) is 50.0 Å². The fourth-order valence-electron chi connectivity index (χ4n) is 11.1. The Hall–Kier alpha value is -6.03. The maximum atomic E-state index is 14.4. The molecule has 3 heteroatoms. The van der Waals surface area contributed by atoms with E-state index in [1.165, 1.54) is 70.4 Å². The highest BCUT2D eigenvalue weighted by Crippen LogP contribution is 2.67. The van der Waals surface area contributed by atoms with Gasteiger partial charge in [-0.3, -0.25) is 0 Å². The van der Waals surface area contributed by atoms with Gasteiger partial charge in [-0.15, -0.1) is 11.3 Å². The average molecular weight is 756 g/mol. The van der Waals surface area contributed by atoms with Gasteiger partial charge < -0.3 is 4.90 Å². The van der Waals surface area contributed by atoms with Crippen LogP contribution in [-0.4, -0.2) is 5.54 Å². The maximum Gasteiger partial charge on any atom is 0.123 e. The molecule has 1 aromatic heterocycles. The van der Waals surface area contributed by atoms with E-state index in [2.05, 4.69) is 184 Å². The van der Waals surface area contributed by atoms with Crippen LogP contribution in [0.1, 0.15) is 55.9 Å². The first-order valence-corrected chi connectivity index (χ1v) is 20.8. The summed E-state index contributed by atoms with van der Waals surface area (Å²) in [6.07, 6.45) is 4.99. The van der Waals surface area contributed by atoms with Crippen LogP contribution in [0.5, 0.6) is 0 Å². The van der Waals surface area contributed by atoms with E-state index in [0.29, 0.717) is 0 Å². The Morgan fingerprint density at radius 1 is 0.596 bits per heavy atom. The molecule has 1 aliphatic heterocycles. The fraction of sp³-hybridized carbons (Fsp3) is 0.148. The van der Waals surface area contributed by atoms with E-state index in [4.69, 9.17) is 0 Å². The highest BCUT2D eigenvalue weighted by molar-refractivity contribution is 7.25. The third-order valence-corrected chi connectivity index (χ3v) is 14.7. The smallest absolute Gasteiger partial charge is 0.123 e. The zero-order valence-electron chi connectivity index (χ0n) is 32.6. The first kappa shape index (κ1) is 34.2. The van der Waals surface area contributed by atoms with Crippen molar-refractivity contribution in [2.75, 3.05) is 4.90 Å². The Kier molecular flexibility index (Phi) is 7.35. The molecule has 0 N–H and O–H groups in total. The number of hydrogen-bond donors (Lipinski definition) is 0. The number of allylic oxidation sites excluding steroid dienone is 2. The third kappa shape index (κ3) is 4.73. The molecule has 0 bridgehead atoms. The van der Waals surface area contributed by atoms with Gasteiger partial charge in [-0.25, -0.2) is 4.39 Å². The molecule has 4 unspecified atom stereocenters. The van der Waals surface area contributed by atoms with Crippen molar-refractivity contribution in [1.82, 2.24) is 0 Å². The van der Waals surface area contributed by atoms with Gasteiger partial charge in [0.1, 0.15) is 5.82 Å². The molecule has 276 valence electrons. The van der Waals surface area contributed by atoms with Gasteiger partial charge in [0, 0.05) is 48.3 Å². The summed E-state index contributed by atoms with van der Waals surface area (Å²) < 4.78 is 17.1. The van der Waals surface area contributed by atoms with Crippen LogP contribution in [0.2, 0.25) is 0 Å². The zero-order valence-corrected chi connectivity index (χ0v) is 33.4. The molecule has 1 nitrogen and oxygen atoms in total. The molecule has 2 heterocycles. The molecule has 0 saturated heterocycles. The predicted octanol–water partition coefficient (Wildman–Crippen LogP) is 14.7. The normalized spacial score (nSPS) is 23.4. The summed E-state index contributed by atoms with van der Waals surface area (Å²) in [5.74, 6) is -0.107. The lowest BCUT2D eigenvalue weighted by Crippen LogP contribution is -2.59. The Morgan fingerprint density at radius 2 is 1.30 bits per heavy atom. The second kappa shape index (κ2) is 12.2. The minimum absolute atomic E-state index is 0.114. The van der Waals surface area contributed by atoms with Crippen molar-refractivity contribution in [1.29, 1.82) is 0 Å². The van der Waals surface area contributed by atoms with Crippen molar-refractivity contribution in [2.24, 2.45) is 0 Å². The summed E-state index contributed by atoms with van der Waals surface area (Å²) >= 11 is 1.86. The van der Waals surface area contributed by atoms with Crippen LogP contribution < -0.4 is 4.90 Å². The monoisotopic (exact) mass is 755 g/mol. The highest BCUT2D eigenvalue weighted by Gasteiger charge is 2.60. The SMILES string of the molecule is CC1C2=C3C(C)(c4ccccc4N(c4cccc(-c5ccc6sc7ccccc7c6c5)c4)C3(C)C=CC2(C)c2ccccc2)c2c(-c3ccc(F)cc3)cccc21. The second-order valence-electron chi connectivity index (χ2n) is 16.7. The van der Waals surface area contributed by atoms with Crippen LogP contribution >= 0.6 is 11.3 Å². The number of hydrogen-bond acceptors (Lipinski definition) is 2. The van der Waals surface area contributed by atoms with E-state index >= 15 is 0 Å². The Morgan fingerprint density at radius 3 is 2.14 bits per heavy atom. The maximum absolute atomic E-state index is 14.4. The topological polar surface area (TPSA) is 3.24 Å². The molecule has 4 atom stereocenters. The van der Waals surface area contributed by atoms with Gasteiger partial charge in [-0.1, -0.05) is 134 Å². The Bertz CT molecular complexity index is 2990. The lowest BCUT2D eigenvalue weighted by atomic mass is 9.48. The lowest BCUT2D eigenvalue weighted by Gasteiger charge is -2.61. The van der Waals surface area contributed by atoms with Crippen LogP contribution in [0.4, 0.5) is 15.8 Å². The third-order valence-electron chi connectivity index (χ3n) is 13.6. The molecular weight excluding hydrogens is 714 g/mol. The Balaban J connectivity index is 1.19. The number of anilines is 2. The van der Waals surface area contributed by atoms with Crippen LogP contribution in [0.15, 0.2) is 187 Å². The van der Waals surface area contributed by atoms with E-state index in [1.54, 1.807) is 12.1 Å². The van der Waals surface area contributed by atoms with Gasteiger partial charge in [-0.05, 0) is 125 Å². The van der Waals surface area contributed by atoms with Gasteiger partial charge in [0.2, 0.25) is 0 Å². The highest BCUT2D eigenvalue weighted by atomic mass is 32.1. The molecule has 0 spiro atoms. The first-order chi connectivity index (χ1) is 27.7. The zero-order chi connectivity index (χ0) is 38.7. The largest absolute Gasteiger partial charge is 0.328 e. The number of benzene rings is 7. The van der Waals surface area contributed by atoms with Crippen molar-refractivity contribution in [3.63, 3.8) is 0 Å². The minimum atomic E-state index is -0.527. The molecule has 0 saturated carbocycles. The Labute approximate surface area is 338 Å². The second-order valence-corrected chi connectivity index (χ2v) is 17.8. The number of nitrogens with zero attached hydrogens (tertiary/aromatic N) is 1. The van der Waals surface area contributed by atoms with Crippen molar-refractivity contribution >= 4 is 42.9 Å². The lowest BCUT2D eigenvalue weighted by molar-refractivity contribution is 0.434. The summed E-state index contributed by atoms with van der Waals surface area (Å²) in [4.78, 5) is 2.61. The van der Waals surface area contributed by atoms with Crippen molar-refractivity contribution < 1.29 is 4.39 Å². The quantitative estimate of drug-likeness (QED) is 0.162. The average Bonchev–Trinajstić information content (AvgIpc) is 3.62.